The number of nitrogens with zero attached hydrogens (tertiary/aromatic N) is 2. The van der Waals surface area contributed by atoms with Gasteiger partial charge in [-0.2, -0.15) is 0 Å². The van der Waals surface area contributed by atoms with Crippen molar-refractivity contribution in [1.82, 2.24) is 4.98 Å². The van der Waals surface area contributed by atoms with Crippen LogP contribution in [0.3, 0.4) is 0 Å². The van der Waals surface area contributed by atoms with E-state index < -0.39 is 0 Å². The smallest absolute Gasteiger partial charge is 0.260 e. The molecule has 4 aromatic rings. The topological polar surface area (TPSA) is 55.6 Å². The Labute approximate surface area is 168 Å². The van der Waals surface area contributed by atoms with E-state index >= 15 is 0 Å². The van der Waals surface area contributed by atoms with E-state index in [9.17, 15) is 4.79 Å². The maximum Gasteiger partial charge on any atom is 0.260 e. The zero-order valence-corrected chi connectivity index (χ0v) is 16.8. The summed E-state index contributed by atoms with van der Waals surface area (Å²) in [7, 11) is 1.63. The molecular formula is C20H15BrN2O3S. The van der Waals surface area contributed by atoms with Gasteiger partial charge >= 0.3 is 0 Å². The van der Waals surface area contributed by atoms with E-state index in [0.717, 1.165) is 20.4 Å². The number of ether oxygens (including phenoxy) is 1. The maximum atomic E-state index is 13.2. The standard InChI is InChI=1S/C20H15BrN2O3S/c1-25-15-8-9-17-18(11-15)27-20(22-17)23(12-16-3-2-10-26-16)19(24)13-4-6-14(21)7-5-13/h2-11H,12H2,1H3. The second-order valence-electron chi connectivity index (χ2n) is 5.81. The normalized spacial score (nSPS) is 10.9. The molecule has 0 bridgehead atoms. The lowest BCUT2D eigenvalue weighted by atomic mass is 10.2. The summed E-state index contributed by atoms with van der Waals surface area (Å²) in [5.41, 5.74) is 1.41. The fraction of sp³-hybridized carbons (Fsp3) is 0.100. The molecule has 2 aromatic heterocycles. The Kier molecular flexibility index (Phi) is 4.96. The van der Waals surface area contributed by atoms with E-state index in [4.69, 9.17) is 9.15 Å². The SMILES string of the molecule is COc1ccc2nc(N(Cc3ccco3)C(=O)c3ccc(Br)cc3)sc2c1. The van der Waals surface area contributed by atoms with Crippen LogP contribution in [-0.4, -0.2) is 18.0 Å². The lowest BCUT2D eigenvalue weighted by Gasteiger charge is -2.18. The summed E-state index contributed by atoms with van der Waals surface area (Å²) in [6.45, 7) is 0.304. The number of carbonyl (C=O) groups is 1. The van der Waals surface area contributed by atoms with Gasteiger partial charge in [0.1, 0.15) is 11.5 Å². The summed E-state index contributed by atoms with van der Waals surface area (Å²) in [4.78, 5) is 19.5. The summed E-state index contributed by atoms with van der Waals surface area (Å²) in [5, 5.41) is 0.613. The predicted octanol–water partition coefficient (Wildman–Crippen LogP) is 5.51. The number of hydrogen-bond donors (Lipinski definition) is 0. The van der Waals surface area contributed by atoms with Crippen LogP contribution in [0.2, 0.25) is 0 Å². The first-order valence-electron chi connectivity index (χ1n) is 8.18. The van der Waals surface area contributed by atoms with Gasteiger partial charge in [0.25, 0.3) is 5.91 Å². The number of rotatable bonds is 5. The number of carbonyl (C=O) groups excluding carboxylic acids is 1. The van der Waals surface area contributed by atoms with Crippen molar-refractivity contribution in [2.24, 2.45) is 0 Å². The third-order valence-corrected chi connectivity index (χ3v) is 5.62. The van der Waals surface area contributed by atoms with Crippen molar-refractivity contribution >= 4 is 48.5 Å². The van der Waals surface area contributed by atoms with Crippen molar-refractivity contribution in [2.75, 3.05) is 12.0 Å². The average molecular weight is 443 g/mol. The molecule has 1 amide bonds. The fourth-order valence-corrected chi connectivity index (χ4v) is 3.92. The van der Waals surface area contributed by atoms with Gasteiger partial charge in [-0.3, -0.25) is 9.69 Å². The fourth-order valence-electron chi connectivity index (χ4n) is 2.67. The number of thiazole rings is 1. The summed E-state index contributed by atoms with van der Waals surface area (Å²) >= 11 is 4.85. The first-order chi connectivity index (χ1) is 13.1. The Bertz CT molecular complexity index is 1070. The molecule has 0 aliphatic heterocycles. The highest BCUT2D eigenvalue weighted by Gasteiger charge is 2.23. The average Bonchev–Trinajstić information content (AvgIpc) is 3.34. The van der Waals surface area contributed by atoms with Gasteiger partial charge in [0.2, 0.25) is 0 Å². The van der Waals surface area contributed by atoms with Gasteiger partial charge in [0.05, 0.1) is 30.1 Å². The number of hydrogen-bond acceptors (Lipinski definition) is 5. The molecule has 0 saturated carbocycles. The molecule has 7 heteroatoms. The van der Waals surface area contributed by atoms with Crippen LogP contribution < -0.4 is 9.64 Å². The van der Waals surface area contributed by atoms with E-state index in [0.29, 0.717) is 23.0 Å². The molecule has 0 saturated heterocycles. The Balaban J connectivity index is 1.75. The molecule has 5 nitrogen and oxygen atoms in total. The number of amides is 1. The maximum absolute atomic E-state index is 13.2. The molecule has 0 N–H and O–H groups in total. The van der Waals surface area contributed by atoms with Crippen molar-refractivity contribution in [3.05, 3.63) is 76.7 Å². The van der Waals surface area contributed by atoms with Crippen LogP contribution in [-0.2, 0) is 6.54 Å². The van der Waals surface area contributed by atoms with Crippen molar-refractivity contribution < 1.29 is 13.9 Å². The van der Waals surface area contributed by atoms with Gasteiger partial charge in [0.15, 0.2) is 5.13 Å². The molecule has 0 radical (unpaired) electrons. The summed E-state index contributed by atoms with van der Waals surface area (Å²) < 4.78 is 12.6. The van der Waals surface area contributed by atoms with Gasteiger partial charge in [-0.25, -0.2) is 4.98 Å². The van der Waals surface area contributed by atoms with E-state index in [1.165, 1.54) is 11.3 Å². The minimum atomic E-state index is -0.134. The molecule has 0 aliphatic rings. The first-order valence-corrected chi connectivity index (χ1v) is 9.79. The highest BCUT2D eigenvalue weighted by atomic mass is 79.9. The molecule has 136 valence electrons. The monoisotopic (exact) mass is 442 g/mol. The number of anilines is 1. The first kappa shape index (κ1) is 17.8. The number of halogens is 1. The Hall–Kier alpha value is -2.64. The highest BCUT2D eigenvalue weighted by Crippen LogP contribution is 2.33. The summed E-state index contributed by atoms with van der Waals surface area (Å²) in [6, 6.07) is 16.6. The third-order valence-electron chi connectivity index (χ3n) is 4.05. The van der Waals surface area contributed by atoms with Gasteiger partial charge in [-0.15, -0.1) is 0 Å². The zero-order chi connectivity index (χ0) is 18.8. The van der Waals surface area contributed by atoms with Crippen LogP contribution in [0.4, 0.5) is 5.13 Å². The number of fused-ring (bicyclic) bond motifs is 1. The number of methoxy groups -OCH3 is 1. The van der Waals surface area contributed by atoms with Crippen LogP contribution in [0.5, 0.6) is 5.75 Å². The molecule has 0 atom stereocenters. The second kappa shape index (κ2) is 7.54. The van der Waals surface area contributed by atoms with Crippen molar-refractivity contribution in [3.63, 3.8) is 0 Å². The van der Waals surface area contributed by atoms with E-state index in [1.807, 2.05) is 36.4 Å². The van der Waals surface area contributed by atoms with Crippen LogP contribution in [0, 0.1) is 0 Å². The van der Waals surface area contributed by atoms with E-state index in [-0.39, 0.29) is 5.91 Å². The van der Waals surface area contributed by atoms with E-state index in [2.05, 4.69) is 20.9 Å². The molecule has 2 heterocycles. The number of furan rings is 1. The quantitative estimate of drug-likeness (QED) is 0.408. The lowest BCUT2D eigenvalue weighted by molar-refractivity contribution is 0.0983. The largest absolute Gasteiger partial charge is 0.497 e. The molecular weight excluding hydrogens is 428 g/mol. The Morgan fingerprint density at radius 1 is 1.22 bits per heavy atom. The number of aromatic nitrogens is 1. The molecule has 0 aliphatic carbocycles. The second-order valence-corrected chi connectivity index (χ2v) is 7.73. The third kappa shape index (κ3) is 3.74. The molecule has 4 rings (SSSR count). The summed E-state index contributed by atoms with van der Waals surface area (Å²) in [6.07, 6.45) is 1.60. The molecule has 0 unspecified atom stereocenters. The van der Waals surface area contributed by atoms with Crippen LogP contribution in [0.15, 0.2) is 69.8 Å². The van der Waals surface area contributed by atoms with Gasteiger partial charge in [-0.1, -0.05) is 27.3 Å². The molecule has 0 fully saturated rings. The highest BCUT2D eigenvalue weighted by molar-refractivity contribution is 9.10. The Morgan fingerprint density at radius 3 is 2.74 bits per heavy atom. The van der Waals surface area contributed by atoms with Gasteiger partial charge in [-0.05, 0) is 54.6 Å². The minimum absolute atomic E-state index is 0.134. The lowest BCUT2D eigenvalue weighted by Crippen LogP contribution is -2.30. The molecule has 27 heavy (non-hydrogen) atoms. The van der Waals surface area contributed by atoms with Crippen LogP contribution in [0.25, 0.3) is 10.2 Å². The summed E-state index contributed by atoms with van der Waals surface area (Å²) in [5.74, 6) is 1.32. The minimum Gasteiger partial charge on any atom is -0.497 e. The molecule has 2 aromatic carbocycles. The predicted molar refractivity (Wildman–Crippen MR) is 110 cm³/mol. The van der Waals surface area contributed by atoms with Crippen LogP contribution in [0.1, 0.15) is 16.1 Å². The van der Waals surface area contributed by atoms with E-state index in [1.54, 1.807) is 36.5 Å². The van der Waals surface area contributed by atoms with Gasteiger partial charge < -0.3 is 9.15 Å². The number of benzene rings is 2. The zero-order valence-electron chi connectivity index (χ0n) is 14.4. The van der Waals surface area contributed by atoms with Crippen LogP contribution >= 0.6 is 27.3 Å². The molecule has 0 spiro atoms. The van der Waals surface area contributed by atoms with Crippen molar-refractivity contribution in [3.8, 4) is 5.75 Å². The van der Waals surface area contributed by atoms with Crippen molar-refractivity contribution in [2.45, 2.75) is 6.54 Å². The van der Waals surface area contributed by atoms with Gasteiger partial charge in [0, 0.05) is 10.0 Å². The Morgan fingerprint density at radius 2 is 2.04 bits per heavy atom. The van der Waals surface area contributed by atoms with Crippen molar-refractivity contribution in [1.29, 1.82) is 0 Å².